The second-order valence-corrected chi connectivity index (χ2v) is 5.56. The van der Waals surface area contributed by atoms with E-state index in [0.29, 0.717) is 18.2 Å². The molecule has 5 heteroatoms. The minimum absolute atomic E-state index is 0.0531. The highest BCUT2D eigenvalue weighted by atomic mass is 79.9. The summed E-state index contributed by atoms with van der Waals surface area (Å²) in [6.45, 7) is 0.992. The van der Waals surface area contributed by atoms with Crippen LogP contribution >= 0.6 is 27.5 Å². The molecule has 0 fully saturated rings. The Morgan fingerprint density at radius 1 is 1.26 bits per heavy atom. The molecule has 0 radical (unpaired) electrons. The molecule has 0 atom stereocenters. The van der Waals surface area contributed by atoms with E-state index in [2.05, 4.69) is 15.9 Å². The number of ether oxygens (including phenoxy) is 1. The van der Waals surface area contributed by atoms with Crippen molar-refractivity contribution in [3.05, 3.63) is 67.5 Å². The van der Waals surface area contributed by atoms with Crippen LogP contribution in [0.25, 0.3) is 0 Å². The molecule has 1 aromatic carbocycles. The normalized spacial score (nSPS) is 10.7. The second-order valence-electron chi connectivity index (χ2n) is 4.21. The Labute approximate surface area is 124 Å². The quantitative estimate of drug-likeness (QED) is 0.852. The lowest BCUT2D eigenvalue weighted by molar-refractivity contribution is 0.185. The Morgan fingerprint density at radius 3 is 2.68 bits per heavy atom. The maximum atomic E-state index is 11.8. The van der Waals surface area contributed by atoms with E-state index in [9.17, 15) is 4.79 Å². The first kappa shape index (κ1) is 14.3. The zero-order chi connectivity index (χ0) is 13.8. The number of nitrogens with zero attached hydrogens (tertiary/aromatic N) is 1. The van der Waals surface area contributed by atoms with Crippen molar-refractivity contribution in [2.24, 2.45) is 0 Å². The highest BCUT2D eigenvalue weighted by molar-refractivity contribution is 9.10. The fourth-order valence-electron chi connectivity index (χ4n) is 1.87. The number of hydrogen-bond acceptors (Lipinski definition) is 2. The van der Waals surface area contributed by atoms with Gasteiger partial charge in [0.2, 0.25) is 0 Å². The van der Waals surface area contributed by atoms with E-state index >= 15 is 0 Å². The predicted molar refractivity (Wildman–Crippen MR) is 79.7 cm³/mol. The largest absolute Gasteiger partial charge is 0.380 e. The van der Waals surface area contributed by atoms with Gasteiger partial charge in [-0.2, -0.15) is 0 Å². The van der Waals surface area contributed by atoms with Gasteiger partial charge < -0.3 is 9.30 Å². The lowest BCUT2D eigenvalue weighted by Gasteiger charge is -2.08. The van der Waals surface area contributed by atoms with E-state index in [1.807, 2.05) is 24.3 Å². The van der Waals surface area contributed by atoms with Gasteiger partial charge in [-0.15, -0.1) is 0 Å². The number of benzene rings is 1. The first-order chi connectivity index (χ1) is 9.08. The molecule has 0 aliphatic carbocycles. The summed E-state index contributed by atoms with van der Waals surface area (Å²) in [4.78, 5) is 11.8. The van der Waals surface area contributed by atoms with Gasteiger partial charge in [-0.05, 0) is 29.3 Å². The van der Waals surface area contributed by atoms with Gasteiger partial charge in [0, 0.05) is 28.9 Å². The van der Waals surface area contributed by atoms with Gasteiger partial charge in [-0.3, -0.25) is 4.79 Å². The standard InChI is InChI=1S/C14H13BrClNO2/c1-19-9-11-4-10(5-13(16)6-11)8-17-3-2-12(15)7-14(17)18/h2-7H,8-9H2,1H3. The van der Waals surface area contributed by atoms with Crippen LogP contribution in [0, 0.1) is 0 Å². The molecule has 0 bridgehead atoms. The van der Waals surface area contributed by atoms with Gasteiger partial charge in [-0.1, -0.05) is 33.6 Å². The molecule has 3 nitrogen and oxygen atoms in total. The molecule has 0 aliphatic heterocycles. The molecule has 0 unspecified atom stereocenters. The average Bonchev–Trinajstić information content (AvgIpc) is 2.32. The van der Waals surface area contributed by atoms with Gasteiger partial charge in [0.25, 0.3) is 5.56 Å². The number of rotatable bonds is 4. The van der Waals surface area contributed by atoms with E-state index in [0.717, 1.165) is 15.6 Å². The molecule has 1 heterocycles. The van der Waals surface area contributed by atoms with Crippen LogP contribution < -0.4 is 5.56 Å². The van der Waals surface area contributed by atoms with Crippen LogP contribution in [0.4, 0.5) is 0 Å². The number of halogens is 2. The fraction of sp³-hybridized carbons (Fsp3) is 0.214. The van der Waals surface area contributed by atoms with Crippen LogP contribution in [0.5, 0.6) is 0 Å². The molecule has 0 aliphatic rings. The zero-order valence-corrected chi connectivity index (χ0v) is 12.7. The second kappa shape index (κ2) is 6.37. The van der Waals surface area contributed by atoms with E-state index in [1.54, 1.807) is 23.9 Å². The summed E-state index contributed by atoms with van der Waals surface area (Å²) < 4.78 is 7.50. The lowest BCUT2D eigenvalue weighted by atomic mass is 10.1. The van der Waals surface area contributed by atoms with Crippen LogP contribution in [0.2, 0.25) is 5.02 Å². The minimum atomic E-state index is -0.0531. The molecule has 0 spiro atoms. The van der Waals surface area contributed by atoms with Crippen molar-refractivity contribution in [2.45, 2.75) is 13.2 Å². The maximum Gasteiger partial charge on any atom is 0.251 e. The number of hydrogen-bond donors (Lipinski definition) is 0. The summed E-state index contributed by atoms with van der Waals surface area (Å²) in [5.41, 5.74) is 1.92. The lowest BCUT2D eigenvalue weighted by Crippen LogP contribution is -2.18. The number of aromatic nitrogens is 1. The minimum Gasteiger partial charge on any atom is -0.380 e. The molecule has 0 saturated carbocycles. The molecule has 19 heavy (non-hydrogen) atoms. The Morgan fingerprint density at radius 2 is 2.00 bits per heavy atom. The molecular weight excluding hydrogens is 330 g/mol. The smallest absolute Gasteiger partial charge is 0.251 e. The molecular formula is C14H13BrClNO2. The molecule has 1 aromatic heterocycles. The number of pyridine rings is 1. The summed E-state index contributed by atoms with van der Waals surface area (Å²) in [6.07, 6.45) is 1.75. The molecule has 0 amide bonds. The van der Waals surface area contributed by atoms with E-state index < -0.39 is 0 Å². The van der Waals surface area contributed by atoms with Crippen molar-refractivity contribution >= 4 is 27.5 Å². The van der Waals surface area contributed by atoms with Crippen molar-refractivity contribution in [1.82, 2.24) is 4.57 Å². The Balaban J connectivity index is 2.30. The molecule has 0 saturated heterocycles. The summed E-state index contributed by atoms with van der Waals surface area (Å²) in [5, 5.41) is 0.648. The van der Waals surface area contributed by atoms with Gasteiger partial charge in [0.05, 0.1) is 13.2 Å². The van der Waals surface area contributed by atoms with Crippen molar-refractivity contribution in [3.8, 4) is 0 Å². The van der Waals surface area contributed by atoms with Crippen molar-refractivity contribution in [3.63, 3.8) is 0 Å². The third kappa shape index (κ3) is 3.93. The monoisotopic (exact) mass is 341 g/mol. The summed E-state index contributed by atoms with van der Waals surface area (Å²) in [5.74, 6) is 0. The Kier molecular flexibility index (Phi) is 4.80. The SMILES string of the molecule is COCc1cc(Cl)cc(Cn2ccc(Br)cc2=O)c1. The van der Waals surface area contributed by atoms with Crippen LogP contribution in [0.15, 0.2) is 45.8 Å². The van der Waals surface area contributed by atoms with Gasteiger partial charge >= 0.3 is 0 Å². The van der Waals surface area contributed by atoms with E-state index in [4.69, 9.17) is 16.3 Å². The predicted octanol–water partition coefficient (Wildman–Crippen LogP) is 3.46. The van der Waals surface area contributed by atoms with Crippen molar-refractivity contribution in [2.75, 3.05) is 7.11 Å². The summed E-state index contributed by atoms with van der Waals surface area (Å²) in [7, 11) is 1.64. The highest BCUT2D eigenvalue weighted by Crippen LogP contribution is 2.16. The van der Waals surface area contributed by atoms with E-state index in [1.165, 1.54) is 0 Å². The van der Waals surface area contributed by atoms with Crippen molar-refractivity contribution < 1.29 is 4.74 Å². The van der Waals surface area contributed by atoms with E-state index in [-0.39, 0.29) is 5.56 Å². The van der Waals surface area contributed by atoms with Gasteiger partial charge in [-0.25, -0.2) is 0 Å². The first-order valence-electron chi connectivity index (χ1n) is 5.72. The number of methoxy groups -OCH3 is 1. The van der Waals surface area contributed by atoms with Gasteiger partial charge in [0.1, 0.15) is 0 Å². The molecule has 2 aromatic rings. The topological polar surface area (TPSA) is 31.2 Å². The maximum absolute atomic E-state index is 11.8. The van der Waals surface area contributed by atoms with Crippen LogP contribution in [-0.4, -0.2) is 11.7 Å². The third-order valence-corrected chi connectivity index (χ3v) is 3.35. The molecule has 0 N–H and O–H groups in total. The zero-order valence-electron chi connectivity index (χ0n) is 10.4. The third-order valence-electron chi connectivity index (χ3n) is 2.64. The highest BCUT2D eigenvalue weighted by Gasteiger charge is 2.03. The van der Waals surface area contributed by atoms with Crippen LogP contribution in [0.1, 0.15) is 11.1 Å². The summed E-state index contributed by atoms with van der Waals surface area (Å²) >= 11 is 9.34. The van der Waals surface area contributed by atoms with Crippen LogP contribution in [0.3, 0.4) is 0 Å². The van der Waals surface area contributed by atoms with Gasteiger partial charge in [0.15, 0.2) is 0 Å². The molecule has 100 valence electrons. The van der Waals surface area contributed by atoms with Crippen molar-refractivity contribution in [1.29, 1.82) is 0 Å². The Bertz CT molecular complexity index is 640. The summed E-state index contributed by atoms with van der Waals surface area (Å²) in [6, 6.07) is 9.08. The first-order valence-corrected chi connectivity index (χ1v) is 6.89. The fourth-order valence-corrected chi connectivity index (χ4v) is 2.46. The molecule has 2 rings (SSSR count). The Hall–Kier alpha value is -1.10. The van der Waals surface area contributed by atoms with Crippen LogP contribution in [-0.2, 0) is 17.9 Å². The average molecular weight is 343 g/mol.